The third-order valence-corrected chi connectivity index (χ3v) is 4.06. The summed E-state index contributed by atoms with van der Waals surface area (Å²) in [5.41, 5.74) is 3.65. The number of hydrogen-bond donors (Lipinski definition) is 2. The van der Waals surface area contributed by atoms with Crippen molar-refractivity contribution in [1.29, 1.82) is 0 Å². The van der Waals surface area contributed by atoms with Gasteiger partial charge in [-0.3, -0.25) is 5.43 Å². The highest BCUT2D eigenvalue weighted by Gasteiger charge is 2.26. The van der Waals surface area contributed by atoms with Crippen molar-refractivity contribution < 1.29 is 0 Å². The van der Waals surface area contributed by atoms with Gasteiger partial charge in [0.1, 0.15) is 4.83 Å². The van der Waals surface area contributed by atoms with Gasteiger partial charge in [0.05, 0.1) is 11.1 Å². The van der Waals surface area contributed by atoms with Crippen LogP contribution in [0.1, 0.15) is 24.5 Å². The third-order valence-electron chi connectivity index (χ3n) is 3.26. The van der Waals surface area contributed by atoms with E-state index in [1.54, 1.807) is 11.3 Å². The van der Waals surface area contributed by atoms with Gasteiger partial charge >= 0.3 is 0 Å². The van der Waals surface area contributed by atoms with Crippen molar-refractivity contribution in [2.24, 2.45) is 5.84 Å². The van der Waals surface area contributed by atoms with E-state index in [1.807, 2.05) is 22.3 Å². The van der Waals surface area contributed by atoms with Gasteiger partial charge < -0.3 is 0 Å². The quantitative estimate of drug-likeness (QED) is 0.563. The molecule has 19 heavy (non-hydrogen) atoms. The summed E-state index contributed by atoms with van der Waals surface area (Å²) < 4.78 is 1.81. The van der Waals surface area contributed by atoms with Crippen LogP contribution < -0.4 is 11.3 Å². The van der Waals surface area contributed by atoms with Crippen molar-refractivity contribution in [2.45, 2.75) is 18.8 Å². The maximum atomic E-state index is 5.42. The Hall–Kier alpha value is -1.99. The number of hydrazine groups is 1. The standard InChI is InChI=1S/C12H12N6S/c13-16-12-14-10(8-4-6-19-11(8)15-12)18-5-3-9(17-18)7-1-2-7/h3-7H,1-2,13H2,(H,14,15,16). The molecular weight excluding hydrogens is 260 g/mol. The van der Waals surface area contributed by atoms with Crippen LogP contribution in [0.3, 0.4) is 0 Å². The molecule has 0 spiro atoms. The Morgan fingerprint density at radius 3 is 3.00 bits per heavy atom. The summed E-state index contributed by atoms with van der Waals surface area (Å²) in [4.78, 5) is 9.64. The van der Waals surface area contributed by atoms with E-state index < -0.39 is 0 Å². The van der Waals surface area contributed by atoms with E-state index in [0.29, 0.717) is 11.9 Å². The van der Waals surface area contributed by atoms with Gasteiger partial charge in [-0.2, -0.15) is 10.1 Å². The zero-order valence-electron chi connectivity index (χ0n) is 10.1. The first kappa shape index (κ1) is 10.9. The summed E-state index contributed by atoms with van der Waals surface area (Å²) in [6.45, 7) is 0. The molecule has 3 aromatic heterocycles. The van der Waals surface area contributed by atoms with Crippen molar-refractivity contribution in [3.05, 3.63) is 29.4 Å². The molecule has 0 radical (unpaired) electrons. The van der Waals surface area contributed by atoms with Crippen LogP contribution in [-0.4, -0.2) is 19.7 Å². The molecule has 6 nitrogen and oxygen atoms in total. The number of anilines is 1. The Balaban J connectivity index is 1.89. The van der Waals surface area contributed by atoms with Gasteiger partial charge in [-0.1, -0.05) is 0 Å². The lowest BCUT2D eigenvalue weighted by atomic mass is 10.3. The van der Waals surface area contributed by atoms with Crippen LogP contribution in [0.5, 0.6) is 0 Å². The molecular formula is C12H12N6S. The second-order valence-electron chi connectivity index (χ2n) is 4.61. The smallest absolute Gasteiger partial charge is 0.240 e. The van der Waals surface area contributed by atoms with Crippen molar-refractivity contribution in [3.63, 3.8) is 0 Å². The molecule has 96 valence electrons. The van der Waals surface area contributed by atoms with E-state index in [4.69, 9.17) is 5.84 Å². The number of nitrogens with two attached hydrogens (primary N) is 1. The summed E-state index contributed by atoms with van der Waals surface area (Å²) in [6, 6.07) is 4.07. The number of nitrogens with one attached hydrogen (secondary N) is 1. The Morgan fingerprint density at radius 1 is 1.32 bits per heavy atom. The van der Waals surface area contributed by atoms with Crippen LogP contribution >= 0.6 is 11.3 Å². The molecule has 4 rings (SSSR count). The van der Waals surface area contributed by atoms with Gasteiger partial charge in [0.15, 0.2) is 5.82 Å². The number of hydrogen-bond acceptors (Lipinski definition) is 6. The van der Waals surface area contributed by atoms with Gasteiger partial charge in [0, 0.05) is 12.1 Å². The lowest BCUT2D eigenvalue weighted by Crippen LogP contribution is -2.12. The number of nitrogens with zero attached hydrogens (tertiary/aromatic N) is 4. The minimum atomic E-state index is 0.411. The van der Waals surface area contributed by atoms with Crippen molar-refractivity contribution in [3.8, 4) is 5.82 Å². The van der Waals surface area contributed by atoms with Crippen molar-refractivity contribution in [1.82, 2.24) is 19.7 Å². The maximum absolute atomic E-state index is 5.42. The van der Waals surface area contributed by atoms with Crippen LogP contribution in [0.15, 0.2) is 23.7 Å². The molecule has 0 bridgehead atoms. The molecule has 1 aliphatic carbocycles. The zero-order valence-corrected chi connectivity index (χ0v) is 10.9. The summed E-state index contributed by atoms with van der Waals surface area (Å²) in [7, 11) is 0. The molecule has 3 N–H and O–H groups in total. The Kier molecular flexibility index (Phi) is 2.30. The van der Waals surface area contributed by atoms with Crippen LogP contribution in [0.4, 0.5) is 5.95 Å². The molecule has 7 heteroatoms. The Bertz CT molecular complexity index is 742. The molecule has 1 aliphatic rings. The minimum absolute atomic E-state index is 0.411. The van der Waals surface area contributed by atoms with E-state index in [9.17, 15) is 0 Å². The largest absolute Gasteiger partial charge is 0.292 e. The first-order valence-electron chi connectivity index (χ1n) is 6.13. The fourth-order valence-corrected chi connectivity index (χ4v) is 2.89. The average Bonchev–Trinajstić information content (AvgIpc) is 3.00. The van der Waals surface area contributed by atoms with E-state index in [1.165, 1.54) is 12.8 Å². The molecule has 1 saturated carbocycles. The van der Waals surface area contributed by atoms with Crippen LogP contribution in [0, 0.1) is 0 Å². The second-order valence-corrected chi connectivity index (χ2v) is 5.51. The molecule has 1 fully saturated rings. The molecule has 0 saturated heterocycles. The molecule has 0 amide bonds. The number of nitrogen functional groups attached to an aromatic ring is 1. The highest BCUT2D eigenvalue weighted by Crippen LogP contribution is 2.39. The number of fused-ring (bicyclic) bond motifs is 1. The average molecular weight is 272 g/mol. The summed E-state index contributed by atoms with van der Waals surface area (Å²) in [5.74, 6) is 7.23. The highest BCUT2D eigenvalue weighted by molar-refractivity contribution is 7.16. The SMILES string of the molecule is NNc1nc(-n2ccc(C3CC3)n2)c2ccsc2n1. The van der Waals surface area contributed by atoms with Crippen LogP contribution in [-0.2, 0) is 0 Å². The van der Waals surface area contributed by atoms with E-state index in [2.05, 4.69) is 26.6 Å². The Morgan fingerprint density at radius 2 is 2.21 bits per heavy atom. The minimum Gasteiger partial charge on any atom is -0.292 e. The molecule has 0 aromatic carbocycles. The predicted molar refractivity (Wildman–Crippen MR) is 74.3 cm³/mol. The first-order valence-corrected chi connectivity index (χ1v) is 7.01. The van der Waals surface area contributed by atoms with Crippen molar-refractivity contribution in [2.75, 3.05) is 5.43 Å². The van der Waals surface area contributed by atoms with Crippen LogP contribution in [0.2, 0.25) is 0 Å². The van der Waals surface area contributed by atoms with E-state index >= 15 is 0 Å². The third kappa shape index (κ3) is 1.78. The van der Waals surface area contributed by atoms with Gasteiger partial charge in [-0.05, 0) is 30.4 Å². The fourth-order valence-electron chi connectivity index (χ4n) is 2.13. The zero-order chi connectivity index (χ0) is 12.8. The van der Waals surface area contributed by atoms with Crippen LogP contribution in [0.25, 0.3) is 16.0 Å². The molecule has 3 aromatic rings. The predicted octanol–water partition coefficient (Wildman–Crippen LogP) is 2.04. The summed E-state index contributed by atoms with van der Waals surface area (Å²) >= 11 is 1.56. The summed E-state index contributed by atoms with van der Waals surface area (Å²) in [5, 5.41) is 7.60. The molecule has 3 heterocycles. The molecule has 0 aliphatic heterocycles. The lowest BCUT2D eigenvalue weighted by molar-refractivity contribution is 0.817. The fraction of sp³-hybridized carbons (Fsp3) is 0.250. The number of thiophene rings is 1. The number of rotatable bonds is 3. The first-order chi connectivity index (χ1) is 9.35. The van der Waals surface area contributed by atoms with E-state index in [-0.39, 0.29) is 0 Å². The maximum Gasteiger partial charge on any atom is 0.240 e. The molecule has 0 unspecified atom stereocenters. The van der Waals surface area contributed by atoms with Gasteiger partial charge in [0.25, 0.3) is 0 Å². The van der Waals surface area contributed by atoms with Gasteiger partial charge in [0.2, 0.25) is 5.95 Å². The lowest BCUT2D eigenvalue weighted by Gasteiger charge is -2.05. The normalized spacial score (nSPS) is 15.0. The topological polar surface area (TPSA) is 81.6 Å². The van der Waals surface area contributed by atoms with E-state index in [0.717, 1.165) is 21.7 Å². The highest BCUT2D eigenvalue weighted by atomic mass is 32.1. The van der Waals surface area contributed by atoms with Gasteiger partial charge in [-0.15, -0.1) is 11.3 Å². The number of aromatic nitrogens is 4. The monoisotopic (exact) mass is 272 g/mol. The summed E-state index contributed by atoms with van der Waals surface area (Å²) in [6.07, 6.45) is 4.43. The second kappa shape index (κ2) is 4.01. The molecule has 0 atom stereocenters. The Labute approximate surface area is 113 Å². The van der Waals surface area contributed by atoms with Gasteiger partial charge in [-0.25, -0.2) is 15.5 Å². The van der Waals surface area contributed by atoms with Crippen molar-refractivity contribution >= 4 is 27.5 Å².